The highest BCUT2D eigenvalue weighted by atomic mass is 16.3. The van der Waals surface area contributed by atoms with Gasteiger partial charge < -0.3 is 10.4 Å². The van der Waals surface area contributed by atoms with Gasteiger partial charge in [0.15, 0.2) is 0 Å². The minimum Gasteiger partial charge on any atom is -0.387 e. The molecule has 0 bridgehead atoms. The molecule has 2 aromatic carbocycles. The lowest BCUT2D eigenvalue weighted by molar-refractivity contribution is -0.125. The molecular formula is C18H23NO2. The number of rotatable bonds is 6. The smallest absolute Gasteiger partial charge is 0.223 e. The summed E-state index contributed by atoms with van der Waals surface area (Å²) in [5.41, 5.74) is 0.832. The van der Waals surface area contributed by atoms with Crippen LogP contribution in [0.15, 0.2) is 42.5 Å². The lowest BCUT2D eigenvalue weighted by Gasteiger charge is -2.16. The Hall–Kier alpha value is -1.87. The van der Waals surface area contributed by atoms with Gasteiger partial charge in [-0.15, -0.1) is 0 Å². The van der Waals surface area contributed by atoms with E-state index in [1.165, 1.54) is 0 Å². The number of aliphatic hydroxyl groups excluding tert-OH is 1. The molecule has 2 aromatic rings. The van der Waals surface area contributed by atoms with Gasteiger partial charge in [-0.05, 0) is 35.2 Å². The van der Waals surface area contributed by atoms with Gasteiger partial charge in [0.25, 0.3) is 0 Å². The first-order chi connectivity index (χ1) is 10.2. The molecule has 0 radical (unpaired) electrons. The van der Waals surface area contributed by atoms with Crippen molar-refractivity contribution in [3.8, 4) is 0 Å². The fraction of sp³-hybridized carbons (Fsp3) is 0.389. The van der Waals surface area contributed by atoms with Gasteiger partial charge in [-0.25, -0.2) is 0 Å². The maximum absolute atomic E-state index is 11.9. The standard InChI is InChI=1S/C18H23NO2/c1-3-13(4-2)18(21)19-12-17(20)16-10-9-14-7-5-6-8-15(14)11-16/h5-11,13,17,20H,3-4,12H2,1-2H3,(H,19,21). The zero-order valence-corrected chi connectivity index (χ0v) is 12.7. The fourth-order valence-electron chi connectivity index (χ4n) is 2.53. The van der Waals surface area contributed by atoms with Crippen LogP contribution in [0.4, 0.5) is 0 Å². The number of aliphatic hydroxyl groups is 1. The van der Waals surface area contributed by atoms with E-state index in [2.05, 4.69) is 5.32 Å². The molecule has 0 spiro atoms. The van der Waals surface area contributed by atoms with Crippen LogP contribution in [-0.4, -0.2) is 17.6 Å². The molecule has 3 nitrogen and oxygen atoms in total. The Morgan fingerprint density at radius 1 is 1.10 bits per heavy atom. The maximum Gasteiger partial charge on any atom is 0.223 e. The molecule has 21 heavy (non-hydrogen) atoms. The first-order valence-electron chi connectivity index (χ1n) is 7.60. The van der Waals surface area contributed by atoms with Gasteiger partial charge in [-0.2, -0.15) is 0 Å². The molecule has 2 N–H and O–H groups in total. The Balaban J connectivity index is 2.01. The van der Waals surface area contributed by atoms with Crippen LogP contribution in [0.5, 0.6) is 0 Å². The molecule has 0 aromatic heterocycles. The maximum atomic E-state index is 11.9. The minimum absolute atomic E-state index is 0.0276. The highest BCUT2D eigenvalue weighted by molar-refractivity contribution is 5.83. The van der Waals surface area contributed by atoms with Crippen molar-refractivity contribution in [2.24, 2.45) is 5.92 Å². The Morgan fingerprint density at radius 2 is 1.76 bits per heavy atom. The lowest BCUT2D eigenvalue weighted by atomic mass is 10.0. The molecule has 0 heterocycles. The summed E-state index contributed by atoms with van der Waals surface area (Å²) in [6, 6.07) is 13.9. The number of carbonyl (C=O) groups is 1. The number of benzene rings is 2. The number of fused-ring (bicyclic) bond motifs is 1. The Morgan fingerprint density at radius 3 is 2.43 bits per heavy atom. The third-order valence-corrected chi connectivity index (χ3v) is 3.98. The van der Waals surface area contributed by atoms with Gasteiger partial charge in [0, 0.05) is 12.5 Å². The molecule has 0 saturated heterocycles. The van der Waals surface area contributed by atoms with E-state index in [1.807, 2.05) is 56.3 Å². The summed E-state index contributed by atoms with van der Waals surface area (Å²) in [7, 11) is 0. The Labute approximate surface area is 126 Å². The van der Waals surface area contributed by atoms with Crippen molar-refractivity contribution in [1.82, 2.24) is 5.32 Å². The summed E-state index contributed by atoms with van der Waals surface area (Å²) < 4.78 is 0. The van der Waals surface area contributed by atoms with Crippen LogP contribution in [0.25, 0.3) is 10.8 Å². The second-order valence-corrected chi connectivity index (χ2v) is 5.38. The van der Waals surface area contributed by atoms with E-state index in [9.17, 15) is 9.90 Å². The van der Waals surface area contributed by atoms with Gasteiger partial charge in [-0.3, -0.25) is 4.79 Å². The van der Waals surface area contributed by atoms with Crippen LogP contribution in [0.2, 0.25) is 0 Å². The summed E-state index contributed by atoms with van der Waals surface area (Å²) in [4.78, 5) is 11.9. The molecule has 0 fully saturated rings. The summed E-state index contributed by atoms with van der Waals surface area (Å²) >= 11 is 0. The van der Waals surface area contributed by atoms with Crippen LogP contribution in [0, 0.1) is 5.92 Å². The van der Waals surface area contributed by atoms with E-state index in [1.54, 1.807) is 0 Å². The van der Waals surface area contributed by atoms with Crippen molar-refractivity contribution < 1.29 is 9.90 Å². The summed E-state index contributed by atoms with van der Waals surface area (Å²) in [5.74, 6) is 0.0636. The average molecular weight is 285 g/mol. The van der Waals surface area contributed by atoms with E-state index < -0.39 is 6.10 Å². The number of nitrogens with one attached hydrogen (secondary N) is 1. The average Bonchev–Trinajstić information content (AvgIpc) is 2.53. The second-order valence-electron chi connectivity index (χ2n) is 5.38. The highest BCUT2D eigenvalue weighted by Crippen LogP contribution is 2.20. The predicted octanol–water partition coefficient (Wildman–Crippen LogP) is 3.43. The molecule has 0 aliphatic heterocycles. The summed E-state index contributed by atoms with van der Waals surface area (Å²) in [6.07, 6.45) is 0.982. The lowest BCUT2D eigenvalue weighted by Crippen LogP contribution is -2.33. The van der Waals surface area contributed by atoms with Gasteiger partial charge in [-0.1, -0.05) is 50.2 Å². The number of carbonyl (C=O) groups excluding carboxylic acids is 1. The first-order valence-corrected chi connectivity index (χ1v) is 7.60. The molecule has 1 atom stereocenters. The number of hydrogen-bond donors (Lipinski definition) is 2. The molecular weight excluding hydrogens is 262 g/mol. The van der Waals surface area contributed by atoms with Crippen molar-refractivity contribution in [2.45, 2.75) is 32.8 Å². The second kappa shape index (κ2) is 7.23. The van der Waals surface area contributed by atoms with Gasteiger partial charge in [0.05, 0.1) is 6.10 Å². The third-order valence-electron chi connectivity index (χ3n) is 3.98. The normalized spacial score (nSPS) is 12.6. The van der Waals surface area contributed by atoms with E-state index in [0.29, 0.717) is 0 Å². The largest absolute Gasteiger partial charge is 0.387 e. The van der Waals surface area contributed by atoms with Crippen LogP contribution in [-0.2, 0) is 4.79 Å². The van der Waals surface area contributed by atoms with Gasteiger partial charge in [0.2, 0.25) is 5.91 Å². The Kier molecular flexibility index (Phi) is 5.34. The van der Waals surface area contributed by atoms with Crippen molar-refractivity contribution >= 4 is 16.7 Å². The monoisotopic (exact) mass is 285 g/mol. The SMILES string of the molecule is CCC(CC)C(=O)NCC(O)c1ccc2ccccc2c1. The van der Waals surface area contributed by atoms with E-state index in [0.717, 1.165) is 29.2 Å². The third kappa shape index (κ3) is 3.82. The van der Waals surface area contributed by atoms with Crippen LogP contribution in [0.3, 0.4) is 0 Å². The van der Waals surface area contributed by atoms with Crippen LogP contribution >= 0.6 is 0 Å². The van der Waals surface area contributed by atoms with E-state index in [4.69, 9.17) is 0 Å². The van der Waals surface area contributed by atoms with E-state index >= 15 is 0 Å². The van der Waals surface area contributed by atoms with Crippen molar-refractivity contribution in [3.63, 3.8) is 0 Å². The summed E-state index contributed by atoms with van der Waals surface area (Å²) in [6.45, 7) is 4.27. The Bertz CT molecular complexity index is 605. The molecule has 0 aliphatic rings. The van der Waals surface area contributed by atoms with Crippen LogP contribution in [0.1, 0.15) is 38.4 Å². The molecule has 2 rings (SSSR count). The topological polar surface area (TPSA) is 49.3 Å². The highest BCUT2D eigenvalue weighted by Gasteiger charge is 2.15. The van der Waals surface area contributed by atoms with Gasteiger partial charge in [0.1, 0.15) is 0 Å². The zero-order chi connectivity index (χ0) is 15.2. The molecule has 3 heteroatoms. The zero-order valence-electron chi connectivity index (χ0n) is 12.7. The first kappa shape index (κ1) is 15.5. The quantitative estimate of drug-likeness (QED) is 0.854. The number of hydrogen-bond acceptors (Lipinski definition) is 2. The van der Waals surface area contributed by atoms with Crippen molar-refractivity contribution in [1.29, 1.82) is 0 Å². The molecule has 1 unspecified atom stereocenters. The van der Waals surface area contributed by atoms with Gasteiger partial charge >= 0.3 is 0 Å². The molecule has 112 valence electrons. The van der Waals surface area contributed by atoms with E-state index in [-0.39, 0.29) is 18.4 Å². The van der Waals surface area contributed by atoms with Crippen LogP contribution < -0.4 is 5.32 Å². The number of amides is 1. The summed E-state index contributed by atoms with van der Waals surface area (Å²) in [5, 5.41) is 15.3. The molecule has 1 amide bonds. The molecule has 0 saturated carbocycles. The van der Waals surface area contributed by atoms with Crippen molar-refractivity contribution in [3.05, 3.63) is 48.0 Å². The predicted molar refractivity (Wildman–Crippen MR) is 86.0 cm³/mol. The van der Waals surface area contributed by atoms with Crippen molar-refractivity contribution in [2.75, 3.05) is 6.54 Å². The minimum atomic E-state index is -0.673. The molecule has 0 aliphatic carbocycles. The fourth-order valence-corrected chi connectivity index (χ4v) is 2.53.